The highest BCUT2D eigenvalue weighted by atomic mass is 16.5. The third-order valence-corrected chi connectivity index (χ3v) is 3.01. The Morgan fingerprint density at radius 1 is 1.09 bits per heavy atom. The number of aliphatic hydroxyl groups excluding tert-OH is 1. The fourth-order valence-corrected chi connectivity index (χ4v) is 1.93. The van der Waals surface area contributed by atoms with Crippen molar-refractivity contribution in [3.63, 3.8) is 0 Å². The summed E-state index contributed by atoms with van der Waals surface area (Å²) in [6.45, 7) is 0.745. The SMILES string of the molecule is CN(CCO)CC(=O)Nc1ccc(Oc2ccccc2)cc1. The molecule has 0 spiro atoms. The maximum atomic E-state index is 11.8. The predicted molar refractivity (Wildman–Crippen MR) is 86.2 cm³/mol. The van der Waals surface area contributed by atoms with Gasteiger partial charge in [0.15, 0.2) is 0 Å². The van der Waals surface area contributed by atoms with Crippen LogP contribution in [0, 0.1) is 0 Å². The average molecular weight is 300 g/mol. The summed E-state index contributed by atoms with van der Waals surface area (Å²) in [6.07, 6.45) is 0. The van der Waals surface area contributed by atoms with E-state index in [4.69, 9.17) is 9.84 Å². The topological polar surface area (TPSA) is 61.8 Å². The number of para-hydroxylation sites is 1. The van der Waals surface area contributed by atoms with E-state index in [1.54, 1.807) is 36.2 Å². The van der Waals surface area contributed by atoms with Gasteiger partial charge in [0.25, 0.3) is 0 Å². The monoisotopic (exact) mass is 300 g/mol. The Kier molecular flexibility index (Phi) is 5.94. The van der Waals surface area contributed by atoms with E-state index >= 15 is 0 Å². The molecule has 0 aliphatic rings. The van der Waals surface area contributed by atoms with Crippen LogP contribution in [0.25, 0.3) is 0 Å². The lowest BCUT2D eigenvalue weighted by atomic mass is 10.3. The molecule has 22 heavy (non-hydrogen) atoms. The number of likely N-dealkylation sites (N-methyl/N-ethyl adjacent to an activating group) is 1. The lowest BCUT2D eigenvalue weighted by Crippen LogP contribution is -2.32. The molecule has 0 unspecified atom stereocenters. The first kappa shape index (κ1) is 16.0. The molecular weight excluding hydrogens is 280 g/mol. The number of nitrogens with zero attached hydrogens (tertiary/aromatic N) is 1. The van der Waals surface area contributed by atoms with Crippen molar-refractivity contribution < 1.29 is 14.6 Å². The van der Waals surface area contributed by atoms with Crippen molar-refractivity contribution in [2.45, 2.75) is 0 Å². The van der Waals surface area contributed by atoms with E-state index in [0.717, 1.165) is 5.75 Å². The first-order chi connectivity index (χ1) is 10.7. The molecule has 2 aromatic carbocycles. The van der Waals surface area contributed by atoms with Crippen LogP contribution < -0.4 is 10.1 Å². The van der Waals surface area contributed by atoms with E-state index in [1.165, 1.54) is 0 Å². The van der Waals surface area contributed by atoms with Crippen LogP contribution >= 0.6 is 0 Å². The summed E-state index contributed by atoms with van der Waals surface area (Å²) in [5.74, 6) is 1.36. The number of carbonyl (C=O) groups is 1. The number of rotatable bonds is 7. The summed E-state index contributed by atoms with van der Waals surface area (Å²) in [5, 5.41) is 11.6. The zero-order chi connectivity index (χ0) is 15.8. The number of ether oxygens (including phenoxy) is 1. The first-order valence-corrected chi connectivity index (χ1v) is 7.09. The molecule has 2 aromatic rings. The molecule has 0 saturated heterocycles. The van der Waals surface area contributed by atoms with Gasteiger partial charge in [-0.05, 0) is 43.4 Å². The minimum atomic E-state index is -0.118. The maximum absolute atomic E-state index is 11.8. The van der Waals surface area contributed by atoms with E-state index in [1.807, 2.05) is 30.3 Å². The Morgan fingerprint density at radius 2 is 1.73 bits per heavy atom. The molecule has 2 N–H and O–H groups in total. The van der Waals surface area contributed by atoms with Gasteiger partial charge in [-0.15, -0.1) is 0 Å². The van der Waals surface area contributed by atoms with Crippen molar-refractivity contribution in [1.82, 2.24) is 4.90 Å². The zero-order valence-electron chi connectivity index (χ0n) is 12.5. The minimum Gasteiger partial charge on any atom is -0.457 e. The Bertz CT molecular complexity index is 585. The zero-order valence-corrected chi connectivity index (χ0v) is 12.5. The van der Waals surface area contributed by atoms with Gasteiger partial charge in [-0.1, -0.05) is 18.2 Å². The molecule has 0 aromatic heterocycles. The van der Waals surface area contributed by atoms with E-state index in [2.05, 4.69) is 5.32 Å². The number of hydrogen-bond donors (Lipinski definition) is 2. The molecule has 2 rings (SSSR count). The van der Waals surface area contributed by atoms with Crippen molar-refractivity contribution in [3.8, 4) is 11.5 Å². The van der Waals surface area contributed by atoms with E-state index in [-0.39, 0.29) is 19.1 Å². The van der Waals surface area contributed by atoms with Crippen LogP contribution in [0.3, 0.4) is 0 Å². The van der Waals surface area contributed by atoms with Crippen molar-refractivity contribution in [2.24, 2.45) is 0 Å². The van der Waals surface area contributed by atoms with Gasteiger partial charge in [0.1, 0.15) is 11.5 Å². The van der Waals surface area contributed by atoms with Crippen LogP contribution in [-0.4, -0.2) is 42.7 Å². The van der Waals surface area contributed by atoms with Crippen LogP contribution in [0.2, 0.25) is 0 Å². The Hall–Kier alpha value is -2.37. The van der Waals surface area contributed by atoms with Crippen LogP contribution in [-0.2, 0) is 4.79 Å². The smallest absolute Gasteiger partial charge is 0.238 e. The van der Waals surface area contributed by atoms with Gasteiger partial charge >= 0.3 is 0 Å². The van der Waals surface area contributed by atoms with Crippen molar-refractivity contribution >= 4 is 11.6 Å². The van der Waals surface area contributed by atoms with Gasteiger partial charge in [0, 0.05) is 12.2 Å². The highest BCUT2D eigenvalue weighted by Crippen LogP contribution is 2.22. The lowest BCUT2D eigenvalue weighted by molar-refractivity contribution is -0.117. The summed E-state index contributed by atoms with van der Waals surface area (Å²) in [7, 11) is 1.78. The van der Waals surface area contributed by atoms with Gasteiger partial charge in [-0.3, -0.25) is 9.69 Å². The standard InChI is InChI=1S/C17H20N2O3/c1-19(11-12-20)13-17(21)18-14-7-9-16(10-8-14)22-15-5-3-2-4-6-15/h2-10,20H,11-13H2,1H3,(H,18,21). The number of amides is 1. The van der Waals surface area contributed by atoms with Crippen LogP contribution in [0.15, 0.2) is 54.6 Å². The molecule has 0 bridgehead atoms. The highest BCUT2D eigenvalue weighted by molar-refractivity contribution is 5.92. The molecule has 0 heterocycles. The number of anilines is 1. The normalized spacial score (nSPS) is 10.5. The van der Waals surface area contributed by atoms with Crippen LogP contribution in [0.1, 0.15) is 0 Å². The summed E-state index contributed by atoms with van der Waals surface area (Å²) < 4.78 is 5.69. The second-order valence-electron chi connectivity index (χ2n) is 4.95. The summed E-state index contributed by atoms with van der Waals surface area (Å²) >= 11 is 0. The minimum absolute atomic E-state index is 0.0370. The highest BCUT2D eigenvalue weighted by Gasteiger charge is 2.06. The Morgan fingerprint density at radius 3 is 2.36 bits per heavy atom. The third-order valence-electron chi connectivity index (χ3n) is 3.01. The van der Waals surface area contributed by atoms with Crippen LogP contribution in [0.4, 0.5) is 5.69 Å². The predicted octanol–water partition coefficient (Wildman–Crippen LogP) is 2.34. The molecule has 0 aliphatic carbocycles. The Balaban J connectivity index is 1.88. The first-order valence-electron chi connectivity index (χ1n) is 7.09. The van der Waals surface area contributed by atoms with Crippen molar-refractivity contribution in [1.29, 1.82) is 0 Å². The fourth-order valence-electron chi connectivity index (χ4n) is 1.93. The van der Waals surface area contributed by atoms with Crippen molar-refractivity contribution in [2.75, 3.05) is 32.1 Å². The number of aliphatic hydroxyl groups is 1. The molecule has 0 radical (unpaired) electrons. The third kappa shape index (κ3) is 5.20. The summed E-state index contributed by atoms with van der Waals surface area (Å²) in [4.78, 5) is 13.6. The number of benzene rings is 2. The van der Waals surface area contributed by atoms with E-state index in [9.17, 15) is 4.79 Å². The van der Waals surface area contributed by atoms with Gasteiger partial charge in [0.2, 0.25) is 5.91 Å². The second kappa shape index (κ2) is 8.17. The summed E-state index contributed by atoms with van der Waals surface area (Å²) in [6, 6.07) is 16.7. The van der Waals surface area contributed by atoms with E-state index in [0.29, 0.717) is 18.0 Å². The number of hydrogen-bond acceptors (Lipinski definition) is 4. The molecular formula is C17H20N2O3. The molecule has 5 nitrogen and oxygen atoms in total. The van der Waals surface area contributed by atoms with Gasteiger partial charge < -0.3 is 15.2 Å². The molecule has 0 aliphatic heterocycles. The molecule has 116 valence electrons. The van der Waals surface area contributed by atoms with E-state index < -0.39 is 0 Å². The van der Waals surface area contributed by atoms with Crippen molar-refractivity contribution in [3.05, 3.63) is 54.6 Å². The van der Waals surface area contributed by atoms with Crippen LogP contribution in [0.5, 0.6) is 11.5 Å². The van der Waals surface area contributed by atoms with Gasteiger partial charge in [0.05, 0.1) is 13.2 Å². The summed E-state index contributed by atoms with van der Waals surface area (Å²) in [5.41, 5.74) is 0.711. The fraction of sp³-hybridized carbons (Fsp3) is 0.235. The molecule has 0 saturated carbocycles. The quantitative estimate of drug-likeness (QED) is 0.824. The molecule has 5 heteroatoms. The maximum Gasteiger partial charge on any atom is 0.238 e. The molecule has 1 amide bonds. The number of carbonyl (C=O) groups excluding carboxylic acids is 1. The molecule has 0 fully saturated rings. The Labute approximate surface area is 130 Å². The molecule has 0 atom stereocenters. The van der Waals surface area contributed by atoms with Gasteiger partial charge in [-0.25, -0.2) is 0 Å². The largest absolute Gasteiger partial charge is 0.457 e. The second-order valence-corrected chi connectivity index (χ2v) is 4.95. The lowest BCUT2D eigenvalue weighted by Gasteiger charge is -2.14. The van der Waals surface area contributed by atoms with Gasteiger partial charge in [-0.2, -0.15) is 0 Å². The number of nitrogens with one attached hydrogen (secondary N) is 1. The average Bonchev–Trinajstić information content (AvgIpc) is 2.50.